The lowest BCUT2D eigenvalue weighted by Crippen LogP contribution is -2.44. The minimum atomic E-state index is -3.28. The maximum absolute atomic E-state index is 11.8. The first kappa shape index (κ1) is 20.3. The van der Waals surface area contributed by atoms with Crippen LogP contribution >= 0.6 is 0 Å². The number of amides is 1. The van der Waals surface area contributed by atoms with Gasteiger partial charge < -0.3 is 19.1 Å². The fourth-order valence-electron chi connectivity index (χ4n) is 4.13. The molecule has 0 spiro atoms. The third-order valence-electron chi connectivity index (χ3n) is 5.88. The third kappa shape index (κ3) is 4.95. The van der Waals surface area contributed by atoms with Crippen molar-refractivity contribution in [3.8, 4) is 11.5 Å². The summed E-state index contributed by atoms with van der Waals surface area (Å²) < 4.78 is 40.3. The van der Waals surface area contributed by atoms with Crippen molar-refractivity contribution >= 4 is 15.9 Å². The molecular formula is C20H28N2O6S. The molecule has 3 aliphatic rings. The summed E-state index contributed by atoms with van der Waals surface area (Å²) in [6.45, 7) is 5.20. The smallest absolute Gasteiger partial charge is 0.409 e. The molecule has 1 unspecified atom stereocenters. The van der Waals surface area contributed by atoms with Gasteiger partial charge in [-0.3, -0.25) is 4.90 Å². The van der Waals surface area contributed by atoms with E-state index in [1.54, 1.807) is 23.1 Å². The summed E-state index contributed by atoms with van der Waals surface area (Å²) in [5.41, 5.74) is 0. The fourth-order valence-corrected chi connectivity index (χ4v) is 4.77. The Balaban J connectivity index is 1.24. The van der Waals surface area contributed by atoms with E-state index in [0.29, 0.717) is 37.2 Å². The first-order valence-corrected chi connectivity index (χ1v) is 12.1. The van der Waals surface area contributed by atoms with Crippen LogP contribution in [0.1, 0.15) is 19.3 Å². The Kier molecular flexibility index (Phi) is 5.87. The molecule has 1 amide bonds. The van der Waals surface area contributed by atoms with Crippen LogP contribution in [0.4, 0.5) is 4.79 Å². The van der Waals surface area contributed by atoms with E-state index in [-0.39, 0.29) is 17.1 Å². The molecule has 0 aromatic heterocycles. The molecule has 2 saturated heterocycles. The maximum Gasteiger partial charge on any atom is 0.409 e. The zero-order valence-corrected chi connectivity index (χ0v) is 17.5. The van der Waals surface area contributed by atoms with Crippen molar-refractivity contribution in [1.29, 1.82) is 0 Å². The summed E-state index contributed by atoms with van der Waals surface area (Å²) in [6.07, 6.45) is 4.11. The summed E-state index contributed by atoms with van der Waals surface area (Å²) in [7, 11) is -3.28. The first-order valence-electron chi connectivity index (χ1n) is 10.2. The number of piperidine rings is 1. The predicted octanol–water partition coefficient (Wildman–Crippen LogP) is 1.78. The van der Waals surface area contributed by atoms with Crippen LogP contribution in [-0.2, 0) is 14.6 Å². The van der Waals surface area contributed by atoms with Gasteiger partial charge in [-0.15, -0.1) is 0 Å². The highest BCUT2D eigenvalue weighted by Crippen LogP contribution is 2.34. The van der Waals surface area contributed by atoms with Crippen molar-refractivity contribution < 1.29 is 27.4 Å². The number of hydrogen-bond acceptors (Lipinski definition) is 7. The zero-order valence-electron chi connectivity index (χ0n) is 16.7. The lowest BCUT2D eigenvalue weighted by Gasteiger charge is -2.36. The summed E-state index contributed by atoms with van der Waals surface area (Å²) in [5.74, 6) is 1.71. The van der Waals surface area contributed by atoms with Crippen molar-refractivity contribution in [1.82, 2.24) is 9.80 Å². The minimum Gasteiger partial charge on any atom is -0.486 e. The van der Waals surface area contributed by atoms with E-state index in [1.807, 2.05) is 0 Å². The van der Waals surface area contributed by atoms with Gasteiger partial charge in [0.25, 0.3) is 0 Å². The molecule has 1 aromatic carbocycles. The average Bonchev–Trinajstić information content (AvgIpc) is 3.11. The number of carbonyl (C=O) groups excluding carboxylic acids is 1. The molecular weight excluding hydrogens is 396 g/mol. The second-order valence-corrected chi connectivity index (χ2v) is 10.1. The largest absolute Gasteiger partial charge is 0.486 e. The number of likely N-dealkylation sites (tertiary alicyclic amines) is 1. The molecule has 0 aliphatic carbocycles. The monoisotopic (exact) mass is 424 g/mol. The van der Waals surface area contributed by atoms with Crippen LogP contribution in [-0.4, -0.2) is 82.6 Å². The van der Waals surface area contributed by atoms with Gasteiger partial charge in [-0.2, -0.15) is 0 Å². The van der Waals surface area contributed by atoms with Gasteiger partial charge in [-0.05, 0) is 50.4 Å². The lowest BCUT2D eigenvalue weighted by molar-refractivity contribution is 0.0465. The number of hydrogen-bond donors (Lipinski definition) is 0. The molecule has 1 aromatic rings. The molecule has 29 heavy (non-hydrogen) atoms. The van der Waals surface area contributed by atoms with Gasteiger partial charge in [0.2, 0.25) is 0 Å². The Hall–Kier alpha value is -2.00. The molecule has 160 valence electrons. The molecule has 0 saturated carbocycles. The molecule has 2 fully saturated rings. The molecule has 3 heterocycles. The number of cyclic esters (lactones) is 1. The van der Waals surface area contributed by atoms with Crippen molar-refractivity contribution in [3.63, 3.8) is 0 Å². The lowest BCUT2D eigenvalue weighted by atomic mass is 9.93. The van der Waals surface area contributed by atoms with Crippen LogP contribution in [0, 0.1) is 5.92 Å². The number of sulfone groups is 1. The third-order valence-corrected chi connectivity index (χ3v) is 6.99. The molecule has 0 radical (unpaired) electrons. The summed E-state index contributed by atoms with van der Waals surface area (Å²) in [6, 6.07) is 4.75. The van der Waals surface area contributed by atoms with E-state index >= 15 is 0 Å². The fraction of sp³-hybridized carbons (Fsp3) is 0.650. The van der Waals surface area contributed by atoms with Gasteiger partial charge in [0, 0.05) is 25.4 Å². The van der Waals surface area contributed by atoms with Crippen molar-refractivity contribution in [3.05, 3.63) is 18.2 Å². The van der Waals surface area contributed by atoms with E-state index in [0.717, 1.165) is 45.4 Å². The number of benzene rings is 1. The van der Waals surface area contributed by atoms with Crippen molar-refractivity contribution in [2.45, 2.75) is 30.3 Å². The SMILES string of the molecule is CS(=O)(=O)c1ccc2c(c1)OC(CN1CCC(CCN3CCOC3=O)CC1)CO2. The van der Waals surface area contributed by atoms with E-state index in [2.05, 4.69) is 4.90 Å². The Morgan fingerprint density at radius 2 is 1.90 bits per heavy atom. The highest BCUT2D eigenvalue weighted by atomic mass is 32.2. The van der Waals surface area contributed by atoms with Crippen LogP contribution < -0.4 is 9.47 Å². The van der Waals surface area contributed by atoms with Crippen LogP contribution in [0.2, 0.25) is 0 Å². The number of carbonyl (C=O) groups is 1. The maximum atomic E-state index is 11.8. The number of rotatable bonds is 6. The van der Waals surface area contributed by atoms with Crippen LogP contribution in [0.5, 0.6) is 11.5 Å². The van der Waals surface area contributed by atoms with Gasteiger partial charge in [0.05, 0.1) is 11.4 Å². The summed E-state index contributed by atoms with van der Waals surface area (Å²) in [4.78, 5) is 15.9. The molecule has 0 N–H and O–H groups in total. The number of fused-ring (bicyclic) bond motifs is 1. The Morgan fingerprint density at radius 3 is 2.59 bits per heavy atom. The minimum absolute atomic E-state index is 0.117. The highest BCUT2D eigenvalue weighted by Gasteiger charge is 2.28. The summed E-state index contributed by atoms with van der Waals surface area (Å²) in [5, 5.41) is 0. The van der Waals surface area contributed by atoms with Gasteiger partial charge in [0.1, 0.15) is 19.3 Å². The second-order valence-electron chi connectivity index (χ2n) is 8.07. The van der Waals surface area contributed by atoms with Gasteiger partial charge in [0.15, 0.2) is 21.3 Å². The Labute approximate surface area is 171 Å². The van der Waals surface area contributed by atoms with Crippen molar-refractivity contribution in [2.75, 3.05) is 52.2 Å². The van der Waals surface area contributed by atoms with Gasteiger partial charge >= 0.3 is 6.09 Å². The van der Waals surface area contributed by atoms with Gasteiger partial charge in [-0.25, -0.2) is 13.2 Å². The predicted molar refractivity (Wildman–Crippen MR) is 106 cm³/mol. The summed E-state index contributed by atoms with van der Waals surface area (Å²) >= 11 is 0. The topological polar surface area (TPSA) is 85.4 Å². The highest BCUT2D eigenvalue weighted by molar-refractivity contribution is 7.90. The molecule has 3 aliphatic heterocycles. The molecule has 1 atom stereocenters. The quantitative estimate of drug-likeness (QED) is 0.688. The zero-order chi connectivity index (χ0) is 20.4. The van der Waals surface area contributed by atoms with Crippen LogP contribution in [0.25, 0.3) is 0 Å². The average molecular weight is 425 g/mol. The molecule has 8 nitrogen and oxygen atoms in total. The number of ether oxygens (including phenoxy) is 3. The standard InChI is InChI=1S/C20H28N2O6S/c1-29(24,25)17-2-3-18-19(12-17)28-16(14-27-18)13-21-7-4-15(5-8-21)6-9-22-10-11-26-20(22)23/h2-3,12,15-16H,4-11,13-14H2,1H3. The number of nitrogens with zero attached hydrogens (tertiary/aromatic N) is 2. The van der Waals surface area contributed by atoms with E-state index < -0.39 is 9.84 Å². The van der Waals surface area contributed by atoms with Crippen LogP contribution in [0.15, 0.2) is 23.1 Å². The van der Waals surface area contributed by atoms with Crippen molar-refractivity contribution in [2.24, 2.45) is 5.92 Å². The molecule has 0 bridgehead atoms. The first-order chi connectivity index (χ1) is 13.9. The van der Waals surface area contributed by atoms with Crippen LogP contribution in [0.3, 0.4) is 0 Å². The van der Waals surface area contributed by atoms with E-state index in [1.165, 1.54) is 6.26 Å². The second kappa shape index (κ2) is 8.39. The van der Waals surface area contributed by atoms with Gasteiger partial charge in [-0.1, -0.05) is 0 Å². The Bertz CT molecular complexity index is 851. The Morgan fingerprint density at radius 1 is 1.10 bits per heavy atom. The van der Waals surface area contributed by atoms with E-state index in [9.17, 15) is 13.2 Å². The normalized spacial score (nSPS) is 23.3. The molecule has 9 heteroatoms. The molecule has 4 rings (SSSR count). The van der Waals surface area contributed by atoms with E-state index in [4.69, 9.17) is 14.2 Å².